The van der Waals surface area contributed by atoms with Crippen LogP contribution in [0.3, 0.4) is 0 Å². The smallest absolute Gasteiger partial charge is 0.272 e. The van der Waals surface area contributed by atoms with E-state index in [0.29, 0.717) is 12.4 Å². The first-order chi connectivity index (χ1) is 11.5. The second-order valence-electron chi connectivity index (χ2n) is 5.12. The Morgan fingerprint density at radius 2 is 1.75 bits per heavy atom. The van der Waals surface area contributed by atoms with Crippen molar-refractivity contribution >= 4 is 33.0 Å². The molecule has 2 N–H and O–H groups in total. The molecule has 0 bridgehead atoms. The normalized spacial score (nSPS) is 11.2. The molecule has 0 amide bonds. The lowest BCUT2D eigenvalue weighted by Crippen LogP contribution is -2.13. The second kappa shape index (κ2) is 6.98. The fraction of sp³-hybridized carbons (Fsp3) is 0.125. The van der Waals surface area contributed by atoms with Gasteiger partial charge in [0.25, 0.3) is 10.0 Å². The quantitative estimate of drug-likeness (QED) is 0.705. The number of benzene rings is 1. The molecule has 0 aliphatic heterocycles. The molecular weight excluding hydrogens is 344 g/mol. The van der Waals surface area contributed by atoms with Gasteiger partial charge in [0, 0.05) is 6.54 Å². The van der Waals surface area contributed by atoms with Crippen LogP contribution in [0.1, 0.15) is 11.1 Å². The summed E-state index contributed by atoms with van der Waals surface area (Å²) in [6.07, 6.45) is 0. The number of aromatic nitrogens is 2. The molecule has 0 radical (unpaired) electrons. The van der Waals surface area contributed by atoms with E-state index < -0.39 is 10.0 Å². The number of hydrogen-bond donors (Lipinski definition) is 2. The van der Waals surface area contributed by atoms with E-state index in [1.165, 1.54) is 11.1 Å². The highest BCUT2D eigenvalue weighted by Gasteiger charge is 2.15. The third-order valence-electron chi connectivity index (χ3n) is 3.38. The standard InChI is InChI=1S/C16H16N4O2S2/c1-12-5-2-3-6-13(12)11-17-14-8-9-15(19-18-14)20-24(21,22)16-7-4-10-23-16/h2-10H,11H2,1H3,(H,17,18)(H,19,20). The van der Waals surface area contributed by atoms with Crippen molar-refractivity contribution in [1.29, 1.82) is 0 Å². The van der Waals surface area contributed by atoms with Gasteiger partial charge in [-0.05, 0) is 41.6 Å². The minimum Gasteiger partial charge on any atom is -0.364 e. The molecule has 8 heteroatoms. The first kappa shape index (κ1) is 16.4. The zero-order valence-electron chi connectivity index (χ0n) is 12.9. The van der Waals surface area contributed by atoms with Gasteiger partial charge in [-0.2, -0.15) is 0 Å². The van der Waals surface area contributed by atoms with E-state index in [0.717, 1.165) is 11.3 Å². The number of nitrogens with one attached hydrogen (secondary N) is 2. The summed E-state index contributed by atoms with van der Waals surface area (Å²) in [4.78, 5) is 0. The third-order valence-corrected chi connectivity index (χ3v) is 6.14. The Kier molecular flexibility index (Phi) is 4.77. The Morgan fingerprint density at radius 3 is 2.42 bits per heavy atom. The first-order valence-electron chi connectivity index (χ1n) is 7.23. The van der Waals surface area contributed by atoms with Crippen molar-refractivity contribution in [3.63, 3.8) is 0 Å². The number of sulfonamides is 1. The number of thiophene rings is 1. The largest absolute Gasteiger partial charge is 0.364 e. The molecule has 0 fully saturated rings. The molecule has 0 aliphatic carbocycles. The molecule has 124 valence electrons. The predicted molar refractivity (Wildman–Crippen MR) is 95.7 cm³/mol. The molecule has 0 spiro atoms. The maximum Gasteiger partial charge on any atom is 0.272 e. The summed E-state index contributed by atoms with van der Waals surface area (Å²) in [6.45, 7) is 2.67. The molecule has 0 saturated carbocycles. The molecule has 3 rings (SSSR count). The van der Waals surface area contributed by atoms with Gasteiger partial charge in [-0.3, -0.25) is 4.72 Å². The summed E-state index contributed by atoms with van der Waals surface area (Å²) in [5, 5.41) is 12.8. The summed E-state index contributed by atoms with van der Waals surface area (Å²) in [5.74, 6) is 0.766. The van der Waals surface area contributed by atoms with Crippen LogP contribution in [0.25, 0.3) is 0 Å². The molecule has 0 atom stereocenters. The summed E-state index contributed by atoms with van der Waals surface area (Å²) >= 11 is 1.15. The van der Waals surface area contributed by atoms with Crippen LogP contribution in [0.4, 0.5) is 11.6 Å². The molecular formula is C16H16N4O2S2. The molecule has 3 aromatic rings. The van der Waals surface area contributed by atoms with E-state index >= 15 is 0 Å². The third kappa shape index (κ3) is 3.90. The van der Waals surface area contributed by atoms with Crippen molar-refractivity contribution in [3.05, 3.63) is 65.0 Å². The summed E-state index contributed by atoms with van der Waals surface area (Å²) in [5.41, 5.74) is 2.36. The van der Waals surface area contributed by atoms with E-state index in [1.807, 2.05) is 31.2 Å². The average molecular weight is 360 g/mol. The number of rotatable bonds is 6. The Morgan fingerprint density at radius 1 is 1.00 bits per heavy atom. The molecule has 1 aromatic carbocycles. The van der Waals surface area contributed by atoms with E-state index in [2.05, 4.69) is 20.2 Å². The van der Waals surface area contributed by atoms with Crippen LogP contribution in [0.2, 0.25) is 0 Å². The molecule has 0 saturated heterocycles. The Balaban J connectivity index is 1.65. The topological polar surface area (TPSA) is 84.0 Å². The minimum atomic E-state index is -3.60. The van der Waals surface area contributed by atoms with Crippen molar-refractivity contribution in [3.8, 4) is 0 Å². The monoisotopic (exact) mass is 360 g/mol. The van der Waals surface area contributed by atoms with Crippen molar-refractivity contribution in [2.75, 3.05) is 10.0 Å². The lowest BCUT2D eigenvalue weighted by atomic mass is 10.1. The van der Waals surface area contributed by atoms with Crippen molar-refractivity contribution in [2.45, 2.75) is 17.7 Å². The molecule has 0 aliphatic rings. The van der Waals surface area contributed by atoms with Crippen LogP contribution >= 0.6 is 11.3 Å². The van der Waals surface area contributed by atoms with E-state index in [4.69, 9.17) is 0 Å². The Hall–Kier alpha value is -2.45. The molecule has 2 heterocycles. The van der Waals surface area contributed by atoms with Gasteiger partial charge in [-0.15, -0.1) is 21.5 Å². The van der Waals surface area contributed by atoms with Crippen LogP contribution in [-0.4, -0.2) is 18.6 Å². The molecule has 6 nitrogen and oxygen atoms in total. The van der Waals surface area contributed by atoms with Gasteiger partial charge in [-0.25, -0.2) is 8.42 Å². The van der Waals surface area contributed by atoms with Crippen LogP contribution < -0.4 is 10.0 Å². The summed E-state index contributed by atoms with van der Waals surface area (Å²) < 4.78 is 26.9. The highest BCUT2D eigenvalue weighted by molar-refractivity contribution is 7.94. The zero-order chi connectivity index (χ0) is 17.0. The number of nitrogens with zero attached hydrogens (tertiary/aromatic N) is 2. The fourth-order valence-electron chi connectivity index (χ4n) is 2.08. The Labute approximate surface area is 144 Å². The number of hydrogen-bond acceptors (Lipinski definition) is 6. The van der Waals surface area contributed by atoms with Gasteiger partial charge >= 0.3 is 0 Å². The highest BCUT2D eigenvalue weighted by Crippen LogP contribution is 2.19. The number of anilines is 2. The van der Waals surface area contributed by atoms with Gasteiger partial charge in [0.1, 0.15) is 10.0 Å². The van der Waals surface area contributed by atoms with Crippen molar-refractivity contribution in [2.24, 2.45) is 0 Å². The maximum absolute atomic E-state index is 12.1. The molecule has 2 aromatic heterocycles. The Bertz CT molecular complexity index is 908. The average Bonchev–Trinajstić information content (AvgIpc) is 3.11. The van der Waals surface area contributed by atoms with Crippen molar-refractivity contribution in [1.82, 2.24) is 10.2 Å². The van der Waals surface area contributed by atoms with Crippen LogP contribution in [-0.2, 0) is 16.6 Å². The van der Waals surface area contributed by atoms with Crippen LogP contribution in [0.15, 0.2) is 58.1 Å². The summed E-state index contributed by atoms with van der Waals surface area (Å²) in [7, 11) is -3.60. The fourth-order valence-corrected chi connectivity index (χ4v) is 4.07. The van der Waals surface area contributed by atoms with Gasteiger partial charge in [-0.1, -0.05) is 30.3 Å². The zero-order valence-corrected chi connectivity index (χ0v) is 14.6. The lowest BCUT2D eigenvalue weighted by Gasteiger charge is -2.09. The van der Waals surface area contributed by atoms with Gasteiger partial charge in [0.05, 0.1) is 0 Å². The number of aryl methyl sites for hydroxylation is 1. The predicted octanol–water partition coefficient (Wildman–Crippen LogP) is 3.26. The summed E-state index contributed by atoms with van der Waals surface area (Å²) in [6, 6.07) is 14.6. The van der Waals surface area contributed by atoms with E-state index in [9.17, 15) is 8.42 Å². The second-order valence-corrected chi connectivity index (χ2v) is 7.98. The highest BCUT2D eigenvalue weighted by atomic mass is 32.2. The maximum atomic E-state index is 12.1. The lowest BCUT2D eigenvalue weighted by molar-refractivity contribution is 0.603. The van der Waals surface area contributed by atoms with Gasteiger partial charge in [0.2, 0.25) is 0 Å². The first-order valence-corrected chi connectivity index (χ1v) is 9.59. The van der Waals surface area contributed by atoms with Gasteiger partial charge in [0.15, 0.2) is 5.82 Å². The van der Waals surface area contributed by atoms with E-state index in [-0.39, 0.29) is 10.0 Å². The minimum absolute atomic E-state index is 0.185. The van der Waals surface area contributed by atoms with Crippen LogP contribution in [0, 0.1) is 6.92 Å². The SMILES string of the molecule is Cc1ccccc1CNc1ccc(NS(=O)(=O)c2cccs2)nn1. The van der Waals surface area contributed by atoms with E-state index in [1.54, 1.807) is 29.6 Å². The van der Waals surface area contributed by atoms with Crippen molar-refractivity contribution < 1.29 is 8.42 Å². The van der Waals surface area contributed by atoms with Crippen LogP contribution in [0.5, 0.6) is 0 Å². The molecule has 24 heavy (non-hydrogen) atoms. The molecule has 0 unspecified atom stereocenters. The van der Waals surface area contributed by atoms with Gasteiger partial charge < -0.3 is 5.32 Å².